The molecule has 7 nitrogen and oxygen atoms in total. The second-order valence-electron chi connectivity index (χ2n) is 6.29. The number of likely N-dealkylation sites (N-methyl/N-ethyl adjacent to an activating group) is 1. The summed E-state index contributed by atoms with van der Waals surface area (Å²) in [6.45, 7) is 7.86. The number of hydrogen-bond acceptors (Lipinski definition) is 5. The van der Waals surface area contributed by atoms with Crippen LogP contribution < -0.4 is 20.1 Å². The van der Waals surface area contributed by atoms with Gasteiger partial charge in [-0.15, -0.1) is 0 Å². The molecule has 0 aliphatic carbocycles. The van der Waals surface area contributed by atoms with Gasteiger partial charge < -0.3 is 29.7 Å². The molecule has 0 aliphatic rings. The third-order valence-electron chi connectivity index (χ3n) is 4.14. The minimum absolute atomic E-state index is 0.128. The average molecular weight is 381 g/mol. The van der Waals surface area contributed by atoms with Gasteiger partial charge >= 0.3 is 0 Å². The molecule has 0 bridgehead atoms. The number of hydrogen-bond donors (Lipinski definition) is 2. The largest absolute Gasteiger partial charge is 0.493 e. The molecule has 1 aromatic carbocycles. The molecule has 0 saturated heterocycles. The zero-order valence-electron chi connectivity index (χ0n) is 17.7. The van der Waals surface area contributed by atoms with Gasteiger partial charge in [0.1, 0.15) is 0 Å². The number of benzene rings is 1. The number of ether oxygens (including phenoxy) is 3. The molecule has 0 spiro atoms. The Bertz CT molecular complexity index is 564. The molecular weight excluding hydrogens is 344 g/mol. The summed E-state index contributed by atoms with van der Waals surface area (Å²) in [6.07, 6.45) is 0.949. The second-order valence-corrected chi connectivity index (χ2v) is 6.29. The number of methoxy groups -OCH3 is 2. The van der Waals surface area contributed by atoms with Crippen molar-refractivity contribution in [1.29, 1.82) is 0 Å². The minimum atomic E-state index is 0.128. The van der Waals surface area contributed by atoms with Crippen molar-refractivity contribution in [2.75, 3.05) is 61.2 Å². The zero-order valence-corrected chi connectivity index (χ0v) is 17.7. The van der Waals surface area contributed by atoms with Crippen LogP contribution in [0.25, 0.3) is 0 Å². The number of nitrogens with zero attached hydrogens (tertiary/aromatic N) is 2. The van der Waals surface area contributed by atoms with Gasteiger partial charge in [0.05, 0.1) is 26.8 Å². The summed E-state index contributed by atoms with van der Waals surface area (Å²) < 4.78 is 16.2. The highest BCUT2D eigenvalue weighted by molar-refractivity contribution is 5.79. The molecule has 7 heteroatoms. The van der Waals surface area contributed by atoms with Gasteiger partial charge in [0, 0.05) is 26.3 Å². The number of aliphatic imine (C=N–C) groups is 1. The van der Waals surface area contributed by atoms with Crippen LogP contribution in [0, 0.1) is 0 Å². The standard InChI is InChI=1S/C20H36N4O3/c1-7-21-20(22-12-9-13-27-8-2)23-15-17(24(3)4)16-10-11-18(25-5)19(14-16)26-6/h10-11,14,17H,7-9,12-13,15H2,1-6H3,(H2,21,22,23). The lowest BCUT2D eigenvalue weighted by Crippen LogP contribution is -2.38. The summed E-state index contributed by atoms with van der Waals surface area (Å²) >= 11 is 0. The van der Waals surface area contributed by atoms with Crippen molar-refractivity contribution in [3.05, 3.63) is 23.8 Å². The van der Waals surface area contributed by atoms with E-state index in [0.717, 1.165) is 55.7 Å². The quantitative estimate of drug-likeness (QED) is 0.329. The maximum Gasteiger partial charge on any atom is 0.191 e. The summed E-state index contributed by atoms with van der Waals surface area (Å²) in [5.74, 6) is 2.28. The Labute approximate surface area is 164 Å². The van der Waals surface area contributed by atoms with Crippen LogP contribution in [0.1, 0.15) is 31.9 Å². The topological polar surface area (TPSA) is 67.4 Å². The second kappa shape index (κ2) is 13.2. The maximum absolute atomic E-state index is 5.44. The Balaban J connectivity index is 2.82. The molecule has 0 saturated carbocycles. The van der Waals surface area contributed by atoms with Crippen molar-refractivity contribution < 1.29 is 14.2 Å². The van der Waals surface area contributed by atoms with E-state index in [-0.39, 0.29) is 6.04 Å². The van der Waals surface area contributed by atoms with Crippen LogP contribution in [-0.4, -0.2) is 72.0 Å². The Kier molecular flexibility index (Phi) is 11.3. The monoisotopic (exact) mass is 380 g/mol. The first-order valence-corrected chi connectivity index (χ1v) is 9.55. The van der Waals surface area contributed by atoms with Crippen molar-refractivity contribution in [1.82, 2.24) is 15.5 Å². The van der Waals surface area contributed by atoms with Crippen LogP contribution in [-0.2, 0) is 4.74 Å². The highest BCUT2D eigenvalue weighted by Crippen LogP contribution is 2.31. The van der Waals surface area contributed by atoms with E-state index in [0.29, 0.717) is 6.54 Å². The molecule has 1 atom stereocenters. The molecule has 0 amide bonds. The van der Waals surface area contributed by atoms with Crippen LogP contribution in [0.15, 0.2) is 23.2 Å². The van der Waals surface area contributed by atoms with Crippen LogP contribution in [0.5, 0.6) is 11.5 Å². The smallest absolute Gasteiger partial charge is 0.191 e. The lowest BCUT2D eigenvalue weighted by Gasteiger charge is -2.24. The van der Waals surface area contributed by atoms with Crippen LogP contribution >= 0.6 is 0 Å². The van der Waals surface area contributed by atoms with Crippen LogP contribution in [0.3, 0.4) is 0 Å². The zero-order chi connectivity index (χ0) is 20.1. The Hall–Kier alpha value is -1.99. The lowest BCUT2D eigenvalue weighted by molar-refractivity contribution is 0.145. The van der Waals surface area contributed by atoms with E-state index in [2.05, 4.69) is 42.6 Å². The fourth-order valence-corrected chi connectivity index (χ4v) is 2.67. The summed E-state index contributed by atoms with van der Waals surface area (Å²) in [5, 5.41) is 6.66. The molecule has 1 unspecified atom stereocenters. The highest BCUT2D eigenvalue weighted by atomic mass is 16.5. The predicted molar refractivity (Wildman–Crippen MR) is 111 cm³/mol. The molecule has 1 rings (SSSR count). The van der Waals surface area contributed by atoms with Gasteiger partial charge in [-0.2, -0.15) is 0 Å². The third kappa shape index (κ3) is 8.05. The first-order chi connectivity index (χ1) is 13.1. The Morgan fingerprint density at radius 2 is 1.85 bits per heavy atom. The van der Waals surface area contributed by atoms with Gasteiger partial charge in [0.15, 0.2) is 17.5 Å². The third-order valence-corrected chi connectivity index (χ3v) is 4.14. The normalized spacial score (nSPS) is 12.8. The molecule has 0 heterocycles. The number of nitrogens with one attached hydrogen (secondary N) is 2. The Morgan fingerprint density at radius 3 is 2.44 bits per heavy atom. The molecule has 2 N–H and O–H groups in total. The molecule has 1 aromatic rings. The molecule has 0 aliphatic heterocycles. The van der Waals surface area contributed by atoms with Gasteiger partial charge in [0.2, 0.25) is 0 Å². The molecule has 27 heavy (non-hydrogen) atoms. The highest BCUT2D eigenvalue weighted by Gasteiger charge is 2.16. The van der Waals surface area contributed by atoms with Crippen LogP contribution in [0.2, 0.25) is 0 Å². The van der Waals surface area contributed by atoms with Crippen molar-refractivity contribution in [2.45, 2.75) is 26.3 Å². The van der Waals surface area contributed by atoms with E-state index in [1.54, 1.807) is 14.2 Å². The van der Waals surface area contributed by atoms with Crippen molar-refractivity contribution >= 4 is 5.96 Å². The van der Waals surface area contributed by atoms with Crippen molar-refractivity contribution in [3.63, 3.8) is 0 Å². The van der Waals surface area contributed by atoms with E-state index in [9.17, 15) is 0 Å². The molecule has 0 fully saturated rings. The first kappa shape index (κ1) is 23.0. The summed E-state index contributed by atoms with van der Waals surface area (Å²) in [6, 6.07) is 6.14. The predicted octanol–water partition coefficient (Wildman–Crippen LogP) is 2.29. The first-order valence-electron chi connectivity index (χ1n) is 9.55. The van der Waals surface area contributed by atoms with Crippen molar-refractivity contribution in [2.24, 2.45) is 4.99 Å². The Morgan fingerprint density at radius 1 is 1.11 bits per heavy atom. The lowest BCUT2D eigenvalue weighted by atomic mass is 10.1. The minimum Gasteiger partial charge on any atom is -0.493 e. The number of guanidine groups is 1. The van der Waals surface area contributed by atoms with E-state index in [1.165, 1.54) is 0 Å². The van der Waals surface area contributed by atoms with Crippen molar-refractivity contribution in [3.8, 4) is 11.5 Å². The fourth-order valence-electron chi connectivity index (χ4n) is 2.67. The molecule has 154 valence electrons. The summed E-state index contributed by atoms with van der Waals surface area (Å²) in [5.41, 5.74) is 1.13. The fraction of sp³-hybridized carbons (Fsp3) is 0.650. The summed E-state index contributed by atoms with van der Waals surface area (Å²) in [4.78, 5) is 6.92. The molecule has 0 aromatic heterocycles. The maximum atomic E-state index is 5.44. The van der Waals surface area contributed by atoms with Gasteiger partial charge in [0.25, 0.3) is 0 Å². The van der Waals surface area contributed by atoms with Gasteiger partial charge in [-0.05, 0) is 52.1 Å². The van der Waals surface area contributed by atoms with Gasteiger partial charge in [-0.3, -0.25) is 4.99 Å². The number of rotatable bonds is 12. The van der Waals surface area contributed by atoms with E-state index in [4.69, 9.17) is 19.2 Å². The average Bonchev–Trinajstić information content (AvgIpc) is 2.67. The molecular formula is C20H36N4O3. The summed E-state index contributed by atoms with van der Waals surface area (Å²) in [7, 11) is 7.41. The molecule has 0 radical (unpaired) electrons. The van der Waals surface area contributed by atoms with E-state index in [1.807, 2.05) is 19.1 Å². The van der Waals surface area contributed by atoms with Gasteiger partial charge in [-0.1, -0.05) is 6.07 Å². The van der Waals surface area contributed by atoms with E-state index < -0.39 is 0 Å². The SMILES string of the molecule is CCNC(=NCC(c1ccc(OC)c(OC)c1)N(C)C)NCCCOCC. The van der Waals surface area contributed by atoms with E-state index >= 15 is 0 Å². The van der Waals surface area contributed by atoms with Crippen LogP contribution in [0.4, 0.5) is 0 Å². The van der Waals surface area contributed by atoms with Gasteiger partial charge in [-0.25, -0.2) is 0 Å².